The predicted octanol–water partition coefficient (Wildman–Crippen LogP) is 3.91. The van der Waals surface area contributed by atoms with Crippen molar-refractivity contribution in [3.05, 3.63) is 12.2 Å². The minimum atomic E-state index is -1.72. The average molecular weight is 284 g/mol. The van der Waals surface area contributed by atoms with Crippen molar-refractivity contribution in [3.8, 4) is 0 Å². The van der Waals surface area contributed by atoms with Gasteiger partial charge in [-0.25, -0.2) is 0 Å². The maximum Gasteiger partial charge on any atom is 0.302 e. The highest BCUT2D eigenvalue weighted by atomic mass is 28.4. The molecule has 0 aromatic heterocycles. The molecule has 4 heteroatoms. The molecular weight excluding hydrogens is 256 g/mol. The zero-order valence-corrected chi connectivity index (χ0v) is 14.2. The highest BCUT2D eigenvalue weighted by Crippen LogP contribution is 2.39. The van der Waals surface area contributed by atoms with Crippen LogP contribution in [0.3, 0.4) is 0 Å². The van der Waals surface area contributed by atoms with Gasteiger partial charge in [0, 0.05) is 12.8 Å². The molecule has 0 heterocycles. The SMILES string of the molecule is CC(=O)OCC[C@@H]1C=CC[C@@H]1O[Si](C)(C)C(C)(C)C. The van der Waals surface area contributed by atoms with Crippen molar-refractivity contribution in [3.63, 3.8) is 0 Å². The third-order valence-corrected chi connectivity index (χ3v) is 8.74. The van der Waals surface area contributed by atoms with E-state index in [1.165, 1.54) is 6.92 Å². The van der Waals surface area contributed by atoms with E-state index in [0.717, 1.165) is 12.8 Å². The van der Waals surface area contributed by atoms with E-state index in [1.54, 1.807) is 0 Å². The summed E-state index contributed by atoms with van der Waals surface area (Å²) in [7, 11) is -1.72. The molecule has 3 nitrogen and oxygen atoms in total. The van der Waals surface area contributed by atoms with Crippen molar-refractivity contribution < 1.29 is 14.0 Å². The topological polar surface area (TPSA) is 35.5 Å². The summed E-state index contributed by atoms with van der Waals surface area (Å²) in [6.45, 7) is 13.3. The summed E-state index contributed by atoms with van der Waals surface area (Å²) in [5.74, 6) is 0.178. The first kappa shape index (κ1) is 16.4. The Kier molecular flexibility index (Phi) is 5.39. The first-order valence-electron chi connectivity index (χ1n) is 7.11. The second-order valence-corrected chi connectivity index (χ2v) is 11.6. The molecule has 0 fully saturated rings. The van der Waals surface area contributed by atoms with E-state index < -0.39 is 8.32 Å². The van der Waals surface area contributed by atoms with Gasteiger partial charge in [0.25, 0.3) is 0 Å². The van der Waals surface area contributed by atoms with Crippen LogP contribution in [0.5, 0.6) is 0 Å². The zero-order chi connectivity index (χ0) is 14.7. The van der Waals surface area contributed by atoms with Crippen LogP contribution < -0.4 is 0 Å². The molecule has 1 rings (SSSR count). The van der Waals surface area contributed by atoms with Gasteiger partial charge in [0.2, 0.25) is 0 Å². The number of esters is 1. The number of carbonyl (C=O) groups is 1. The summed E-state index contributed by atoms with van der Waals surface area (Å²) >= 11 is 0. The summed E-state index contributed by atoms with van der Waals surface area (Å²) in [6, 6.07) is 0. The molecule has 0 saturated carbocycles. The maximum atomic E-state index is 10.8. The second kappa shape index (κ2) is 6.22. The highest BCUT2D eigenvalue weighted by molar-refractivity contribution is 6.74. The van der Waals surface area contributed by atoms with Gasteiger partial charge in [-0.05, 0) is 31.0 Å². The van der Waals surface area contributed by atoms with Crippen LogP contribution in [0.2, 0.25) is 18.1 Å². The van der Waals surface area contributed by atoms with Crippen LogP contribution in [0.4, 0.5) is 0 Å². The Balaban J connectivity index is 2.52. The number of hydrogen-bond acceptors (Lipinski definition) is 3. The Morgan fingerprint density at radius 3 is 2.53 bits per heavy atom. The maximum absolute atomic E-state index is 10.8. The molecule has 0 bridgehead atoms. The molecule has 1 aliphatic rings. The Labute approximate surface area is 118 Å². The van der Waals surface area contributed by atoms with Crippen molar-refractivity contribution in [2.24, 2.45) is 5.92 Å². The number of hydrogen-bond donors (Lipinski definition) is 0. The largest absolute Gasteiger partial charge is 0.466 e. The lowest BCUT2D eigenvalue weighted by Gasteiger charge is -2.39. The summed E-state index contributed by atoms with van der Waals surface area (Å²) < 4.78 is 11.5. The first-order valence-corrected chi connectivity index (χ1v) is 10.0. The van der Waals surface area contributed by atoms with E-state index in [-0.39, 0.29) is 17.1 Å². The molecule has 0 aromatic carbocycles. The smallest absolute Gasteiger partial charge is 0.302 e. The third kappa shape index (κ3) is 4.77. The second-order valence-electron chi connectivity index (χ2n) is 6.87. The van der Waals surface area contributed by atoms with E-state index in [9.17, 15) is 4.79 Å². The van der Waals surface area contributed by atoms with Crippen LogP contribution in [0.1, 0.15) is 40.5 Å². The summed E-state index contributed by atoms with van der Waals surface area (Å²) in [5.41, 5.74) is 0. The molecule has 0 aliphatic heterocycles. The fourth-order valence-electron chi connectivity index (χ4n) is 2.00. The monoisotopic (exact) mass is 284 g/mol. The summed E-state index contributed by atoms with van der Waals surface area (Å²) in [4.78, 5) is 10.8. The normalized spacial score (nSPS) is 23.7. The molecule has 2 atom stereocenters. The average Bonchev–Trinajstić information content (AvgIpc) is 2.62. The minimum Gasteiger partial charge on any atom is -0.466 e. The van der Waals surface area contributed by atoms with E-state index in [1.807, 2.05) is 0 Å². The van der Waals surface area contributed by atoms with Crippen LogP contribution in [0.25, 0.3) is 0 Å². The lowest BCUT2D eigenvalue weighted by molar-refractivity contribution is -0.141. The predicted molar refractivity (Wildman–Crippen MR) is 80.6 cm³/mol. The van der Waals surface area contributed by atoms with E-state index >= 15 is 0 Å². The van der Waals surface area contributed by atoms with Crippen LogP contribution in [0, 0.1) is 5.92 Å². The molecule has 0 spiro atoms. The lowest BCUT2D eigenvalue weighted by Crippen LogP contribution is -2.45. The van der Waals surface area contributed by atoms with Crippen molar-refractivity contribution in [1.82, 2.24) is 0 Å². The Morgan fingerprint density at radius 1 is 1.37 bits per heavy atom. The molecule has 0 N–H and O–H groups in total. The number of rotatable bonds is 5. The highest BCUT2D eigenvalue weighted by Gasteiger charge is 2.40. The van der Waals surface area contributed by atoms with E-state index in [2.05, 4.69) is 46.0 Å². The summed E-state index contributed by atoms with van der Waals surface area (Å²) in [5, 5.41) is 0.232. The fraction of sp³-hybridized carbons (Fsp3) is 0.800. The molecule has 19 heavy (non-hydrogen) atoms. The van der Waals surface area contributed by atoms with Gasteiger partial charge < -0.3 is 9.16 Å². The van der Waals surface area contributed by atoms with Gasteiger partial charge in [-0.1, -0.05) is 32.9 Å². The number of ether oxygens (including phenoxy) is 1. The van der Waals surface area contributed by atoms with Crippen molar-refractivity contribution >= 4 is 14.3 Å². The quantitative estimate of drug-likeness (QED) is 0.436. The molecule has 0 radical (unpaired) electrons. The van der Waals surface area contributed by atoms with Gasteiger partial charge in [0.1, 0.15) is 0 Å². The molecule has 0 aromatic rings. The fourth-order valence-corrected chi connectivity index (χ4v) is 3.38. The third-order valence-electron chi connectivity index (χ3n) is 4.24. The number of carbonyl (C=O) groups excluding carboxylic acids is 1. The Bertz CT molecular complexity index is 342. The Hall–Kier alpha value is -0.613. The lowest BCUT2D eigenvalue weighted by atomic mass is 10.0. The van der Waals surface area contributed by atoms with Crippen molar-refractivity contribution in [2.45, 2.75) is 64.8 Å². The molecule has 0 amide bonds. The van der Waals surface area contributed by atoms with Crippen LogP contribution in [-0.4, -0.2) is 27.0 Å². The van der Waals surface area contributed by atoms with Gasteiger partial charge in [-0.3, -0.25) is 4.79 Å². The van der Waals surface area contributed by atoms with Crippen molar-refractivity contribution in [2.75, 3.05) is 6.61 Å². The molecule has 0 unspecified atom stereocenters. The molecule has 110 valence electrons. The van der Waals surface area contributed by atoms with Gasteiger partial charge in [0.15, 0.2) is 8.32 Å². The molecular formula is C15H28O3Si. The summed E-state index contributed by atoms with van der Waals surface area (Å²) in [6.07, 6.45) is 6.50. The first-order chi connectivity index (χ1) is 8.63. The molecule has 1 aliphatic carbocycles. The van der Waals surface area contributed by atoms with E-state index in [4.69, 9.17) is 9.16 Å². The molecule has 0 saturated heterocycles. The van der Waals surface area contributed by atoms with Gasteiger partial charge in [-0.2, -0.15) is 0 Å². The standard InChI is InChI=1S/C15H28O3Si/c1-12(16)17-11-10-13-8-7-9-14(13)18-19(5,6)15(2,3)4/h7-8,13-14H,9-11H2,1-6H3/t13-,14-/m0/s1. The Morgan fingerprint density at radius 2 is 2.00 bits per heavy atom. The van der Waals surface area contributed by atoms with Gasteiger partial charge in [-0.15, -0.1) is 0 Å². The zero-order valence-electron chi connectivity index (χ0n) is 13.2. The van der Waals surface area contributed by atoms with Crippen LogP contribution in [-0.2, 0) is 14.0 Å². The van der Waals surface area contributed by atoms with Crippen molar-refractivity contribution in [1.29, 1.82) is 0 Å². The van der Waals surface area contributed by atoms with Crippen LogP contribution in [0.15, 0.2) is 12.2 Å². The van der Waals surface area contributed by atoms with E-state index in [0.29, 0.717) is 12.5 Å². The van der Waals surface area contributed by atoms with Gasteiger partial charge >= 0.3 is 5.97 Å². The van der Waals surface area contributed by atoms with Crippen LogP contribution >= 0.6 is 0 Å². The van der Waals surface area contributed by atoms with Gasteiger partial charge in [0.05, 0.1) is 12.7 Å². The minimum absolute atomic E-state index is 0.205.